The van der Waals surface area contributed by atoms with Gasteiger partial charge in [0.2, 0.25) is 5.95 Å². The van der Waals surface area contributed by atoms with Crippen molar-refractivity contribution in [2.45, 2.75) is 19.3 Å². The van der Waals surface area contributed by atoms with E-state index >= 15 is 0 Å². The fourth-order valence-electron chi connectivity index (χ4n) is 7.00. The number of anilines is 2. The summed E-state index contributed by atoms with van der Waals surface area (Å²) in [5.74, 6) is 2.19. The van der Waals surface area contributed by atoms with Crippen LogP contribution in [0.2, 0.25) is 0 Å². The van der Waals surface area contributed by atoms with Crippen LogP contribution in [0.15, 0.2) is 139 Å². The molecule has 1 aliphatic carbocycles. The molecule has 5 nitrogen and oxygen atoms in total. The van der Waals surface area contributed by atoms with Crippen LogP contribution in [0.4, 0.5) is 11.4 Å². The Hall–Kier alpha value is -5.81. The minimum absolute atomic E-state index is 0.256. The van der Waals surface area contributed by atoms with Gasteiger partial charge in [0.15, 0.2) is 11.6 Å². The number of benzene rings is 5. The first-order chi connectivity index (χ1) is 22.2. The van der Waals surface area contributed by atoms with Crippen LogP contribution < -0.4 is 4.90 Å². The van der Waals surface area contributed by atoms with E-state index in [2.05, 4.69) is 120 Å². The molecule has 0 bridgehead atoms. The van der Waals surface area contributed by atoms with Gasteiger partial charge in [0.1, 0.15) is 0 Å². The summed E-state index contributed by atoms with van der Waals surface area (Å²) in [6.07, 6.45) is 3.27. The van der Waals surface area contributed by atoms with Crippen molar-refractivity contribution in [2.75, 3.05) is 4.90 Å². The Labute approximate surface area is 261 Å². The second-order valence-electron chi connectivity index (χ2n) is 11.8. The Morgan fingerprint density at radius 2 is 1.27 bits per heavy atom. The fraction of sp³-hybridized carbons (Fsp3) is 0.0750. The van der Waals surface area contributed by atoms with Crippen molar-refractivity contribution in [1.82, 2.24) is 19.5 Å². The Morgan fingerprint density at radius 3 is 1.96 bits per heavy atom. The zero-order valence-electron chi connectivity index (χ0n) is 24.8. The molecule has 0 fully saturated rings. The zero-order valence-corrected chi connectivity index (χ0v) is 24.8. The molecule has 0 saturated heterocycles. The maximum absolute atomic E-state index is 5.15. The van der Waals surface area contributed by atoms with E-state index in [1.807, 2.05) is 36.4 Å². The van der Waals surface area contributed by atoms with Crippen LogP contribution in [0.3, 0.4) is 0 Å². The number of rotatable bonds is 4. The molecule has 0 saturated carbocycles. The maximum Gasteiger partial charge on any atom is 0.238 e. The third-order valence-corrected chi connectivity index (χ3v) is 9.03. The Balaban J connectivity index is 1.32. The normalized spacial score (nSPS) is 15.0. The predicted octanol–water partition coefficient (Wildman–Crippen LogP) is 9.29. The molecule has 1 unspecified atom stereocenters. The van der Waals surface area contributed by atoms with Crippen molar-refractivity contribution in [2.24, 2.45) is 0 Å². The van der Waals surface area contributed by atoms with Gasteiger partial charge in [0, 0.05) is 39.5 Å². The van der Waals surface area contributed by atoms with Crippen LogP contribution in [-0.4, -0.2) is 19.5 Å². The van der Waals surface area contributed by atoms with Gasteiger partial charge in [0.25, 0.3) is 0 Å². The van der Waals surface area contributed by atoms with Gasteiger partial charge < -0.3 is 4.90 Å². The molecular weight excluding hydrogens is 550 g/mol. The van der Waals surface area contributed by atoms with Gasteiger partial charge in [-0.1, -0.05) is 109 Å². The van der Waals surface area contributed by atoms with E-state index in [1.54, 1.807) is 0 Å². The highest BCUT2D eigenvalue weighted by Gasteiger charge is 2.39. The van der Waals surface area contributed by atoms with Crippen molar-refractivity contribution >= 4 is 28.4 Å². The van der Waals surface area contributed by atoms with E-state index in [9.17, 15) is 0 Å². The van der Waals surface area contributed by atoms with E-state index < -0.39 is 0 Å². The molecule has 1 atom stereocenters. The molecule has 0 N–H and O–H groups in total. The van der Waals surface area contributed by atoms with Crippen molar-refractivity contribution in [3.8, 4) is 28.7 Å². The smallest absolute Gasteiger partial charge is 0.238 e. The molecule has 7 aromatic rings. The Bertz CT molecular complexity index is 2190. The van der Waals surface area contributed by atoms with Crippen LogP contribution in [0.5, 0.6) is 0 Å². The van der Waals surface area contributed by atoms with Gasteiger partial charge in [-0.3, -0.25) is 4.57 Å². The first kappa shape index (κ1) is 25.7. The lowest BCUT2D eigenvalue weighted by atomic mass is 9.86. The van der Waals surface area contributed by atoms with Crippen LogP contribution in [0.1, 0.15) is 28.3 Å². The molecule has 2 aromatic heterocycles. The summed E-state index contributed by atoms with van der Waals surface area (Å²) in [6, 6.07) is 46.6. The number of para-hydroxylation sites is 2. The van der Waals surface area contributed by atoms with Crippen molar-refractivity contribution < 1.29 is 0 Å². The molecule has 0 radical (unpaired) electrons. The molecule has 2 aliphatic rings. The molecule has 3 heterocycles. The number of nitrogens with zero attached hydrogens (tertiary/aromatic N) is 5. The van der Waals surface area contributed by atoms with Crippen LogP contribution >= 0.6 is 0 Å². The average Bonchev–Trinajstić information content (AvgIpc) is 3.60. The van der Waals surface area contributed by atoms with Crippen LogP contribution in [0, 0.1) is 6.92 Å². The molecule has 0 amide bonds. The lowest BCUT2D eigenvalue weighted by Gasteiger charge is -2.27. The summed E-state index contributed by atoms with van der Waals surface area (Å²) in [4.78, 5) is 17.7. The molecule has 9 rings (SSSR count). The van der Waals surface area contributed by atoms with Gasteiger partial charge in [-0.15, -0.1) is 0 Å². The number of fused-ring (bicyclic) bond motifs is 6. The van der Waals surface area contributed by atoms with Crippen molar-refractivity contribution in [3.63, 3.8) is 0 Å². The molecule has 5 aromatic carbocycles. The highest BCUT2D eigenvalue weighted by atomic mass is 15.2. The number of hydrogen-bond acceptors (Lipinski definition) is 4. The topological polar surface area (TPSA) is 46.8 Å². The van der Waals surface area contributed by atoms with Gasteiger partial charge in [-0.05, 0) is 60.9 Å². The number of hydrogen-bond donors (Lipinski definition) is 0. The van der Waals surface area contributed by atoms with Gasteiger partial charge >= 0.3 is 0 Å². The minimum Gasteiger partial charge on any atom is -0.313 e. The summed E-state index contributed by atoms with van der Waals surface area (Å²) in [5, 5.41) is 1.25. The molecule has 45 heavy (non-hydrogen) atoms. The summed E-state index contributed by atoms with van der Waals surface area (Å²) >= 11 is 0. The molecular formula is C40H29N5. The standard InChI is InChI=1S/C40H29N5/c1-26-21-22-35-31(23-26)33-24-32-30-19-11-12-20-34(30)44(29-17-9-4-10-18-29)36(32)25-37(33)45(35)40-42-38(27-13-5-2-6-14-27)41-39(43-40)28-15-7-3-8-16-28/h2-23,25,32H,24H2,1H3. The third kappa shape index (κ3) is 4.12. The monoisotopic (exact) mass is 579 g/mol. The van der Waals surface area contributed by atoms with Gasteiger partial charge in [-0.2, -0.15) is 9.97 Å². The molecule has 5 heteroatoms. The summed E-state index contributed by atoms with van der Waals surface area (Å²) in [5.41, 5.74) is 11.8. The van der Waals surface area contributed by atoms with E-state index in [0.717, 1.165) is 28.8 Å². The quantitative estimate of drug-likeness (QED) is 0.208. The summed E-state index contributed by atoms with van der Waals surface area (Å²) in [7, 11) is 0. The highest BCUT2D eigenvalue weighted by molar-refractivity contribution is 5.94. The summed E-state index contributed by atoms with van der Waals surface area (Å²) < 4.78 is 2.25. The van der Waals surface area contributed by atoms with Gasteiger partial charge in [-0.25, -0.2) is 4.98 Å². The highest BCUT2D eigenvalue weighted by Crippen LogP contribution is 2.53. The second kappa shape index (κ2) is 10.1. The van der Waals surface area contributed by atoms with E-state index in [-0.39, 0.29) is 5.92 Å². The fourth-order valence-corrected chi connectivity index (χ4v) is 7.00. The summed E-state index contributed by atoms with van der Waals surface area (Å²) in [6.45, 7) is 2.17. The van der Waals surface area contributed by atoms with Gasteiger partial charge in [0.05, 0.1) is 11.2 Å². The number of aryl methyl sites for hydroxylation is 1. The van der Waals surface area contributed by atoms with E-state index in [0.29, 0.717) is 17.6 Å². The lowest BCUT2D eigenvalue weighted by Crippen LogP contribution is -2.18. The van der Waals surface area contributed by atoms with Crippen molar-refractivity contribution in [1.29, 1.82) is 0 Å². The second-order valence-corrected chi connectivity index (χ2v) is 11.8. The Kier molecular flexibility index (Phi) is 5.78. The molecule has 0 spiro atoms. The predicted molar refractivity (Wildman–Crippen MR) is 182 cm³/mol. The molecule has 1 aliphatic heterocycles. The van der Waals surface area contributed by atoms with Crippen LogP contribution in [-0.2, 0) is 6.42 Å². The first-order valence-electron chi connectivity index (χ1n) is 15.4. The zero-order chi connectivity index (χ0) is 29.9. The van der Waals surface area contributed by atoms with E-state index in [1.165, 1.54) is 39.1 Å². The lowest BCUT2D eigenvalue weighted by molar-refractivity contribution is 0.792. The van der Waals surface area contributed by atoms with Crippen LogP contribution in [0.25, 0.3) is 45.7 Å². The SMILES string of the molecule is Cc1ccc2c(c1)c1c(n2-c2nc(-c3ccccc3)nc(-c3ccccc3)n2)C=C2C(C1)c1ccccc1N2c1ccccc1. The average molecular weight is 580 g/mol. The number of aromatic nitrogens is 4. The largest absolute Gasteiger partial charge is 0.313 e. The maximum atomic E-state index is 5.15. The number of allylic oxidation sites excluding steroid dienone is 1. The first-order valence-corrected chi connectivity index (χ1v) is 15.4. The Morgan fingerprint density at radius 1 is 0.644 bits per heavy atom. The van der Waals surface area contributed by atoms with Crippen molar-refractivity contribution in [3.05, 3.63) is 162 Å². The minimum atomic E-state index is 0.256. The third-order valence-electron chi connectivity index (χ3n) is 9.03. The van der Waals surface area contributed by atoms with E-state index in [4.69, 9.17) is 15.0 Å². The molecule has 214 valence electrons.